The van der Waals surface area contributed by atoms with E-state index >= 15 is 0 Å². The van der Waals surface area contributed by atoms with E-state index in [9.17, 15) is 4.79 Å². The highest BCUT2D eigenvalue weighted by molar-refractivity contribution is 6.05. The summed E-state index contributed by atoms with van der Waals surface area (Å²) < 4.78 is 5.48. The Balaban J connectivity index is 1.81. The summed E-state index contributed by atoms with van der Waals surface area (Å²) in [6.45, 7) is 2.65. The third kappa shape index (κ3) is 2.43. The van der Waals surface area contributed by atoms with Crippen molar-refractivity contribution in [3.8, 4) is 0 Å². The standard InChI is InChI=1S/C16H20N2O2/c1-17-9-12-5-4-8-18(10-12)16(19)14-11-20-15-7-3-2-6-13(14)15/h2-3,6-7,11-12,17H,4-5,8-10H2,1H3. The van der Waals surface area contributed by atoms with Crippen LogP contribution in [0.5, 0.6) is 0 Å². The van der Waals surface area contributed by atoms with Crippen LogP contribution in [0.1, 0.15) is 23.2 Å². The molecular formula is C16H20N2O2. The first kappa shape index (κ1) is 13.2. The average Bonchev–Trinajstić information content (AvgIpc) is 2.91. The van der Waals surface area contributed by atoms with Gasteiger partial charge in [0.25, 0.3) is 5.91 Å². The molecule has 1 N–H and O–H groups in total. The summed E-state index contributed by atoms with van der Waals surface area (Å²) in [6.07, 6.45) is 3.86. The van der Waals surface area contributed by atoms with Gasteiger partial charge in [0.2, 0.25) is 0 Å². The second-order valence-electron chi connectivity index (χ2n) is 5.46. The van der Waals surface area contributed by atoms with Crippen LogP contribution in [-0.4, -0.2) is 37.5 Å². The van der Waals surface area contributed by atoms with Crippen molar-refractivity contribution in [1.29, 1.82) is 0 Å². The lowest BCUT2D eigenvalue weighted by molar-refractivity contribution is 0.0675. The van der Waals surface area contributed by atoms with Crippen LogP contribution in [0, 0.1) is 5.92 Å². The summed E-state index contributed by atoms with van der Waals surface area (Å²) in [5, 5.41) is 4.12. The van der Waals surface area contributed by atoms with Crippen LogP contribution in [0.25, 0.3) is 11.0 Å². The van der Waals surface area contributed by atoms with Gasteiger partial charge in [0, 0.05) is 18.5 Å². The number of furan rings is 1. The highest BCUT2D eigenvalue weighted by atomic mass is 16.3. The maximum Gasteiger partial charge on any atom is 0.257 e. The number of carbonyl (C=O) groups is 1. The van der Waals surface area contributed by atoms with E-state index in [1.165, 1.54) is 6.42 Å². The molecule has 1 saturated heterocycles. The first-order chi connectivity index (χ1) is 9.79. The molecule has 1 unspecified atom stereocenters. The van der Waals surface area contributed by atoms with Gasteiger partial charge in [-0.25, -0.2) is 0 Å². The number of piperidine rings is 1. The quantitative estimate of drug-likeness (QED) is 0.933. The lowest BCUT2D eigenvalue weighted by Crippen LogP contribution is -2.42. The number of hydrogen-bond donors (Lipinski definition) is 1. The molecule has 20 heavy (non-hydrogen) atoms. The van der Waals surface area contributed by atoms with E-state index in [0.29, 0.717) is 11.5 Å². The zero-order valence-electron chi connectivity index (χ0n) is 11.8. The molecule has 4 heteroatoms. The minimum Gasteiger partial charge on any atom is -0.463 e. The van der Waals surface area contributed by atoms with Crippen molar-refractivity contribution in [2.24, 2.45) is 5.92 Å². The van der Waals surface area contributed by atoms with E-state index in [0.717, 1.165) is 37.0 Å². The third-order valence-corrected chi connectivity index (χ3v) is 4.01. The molecule has 1 fully saturated rings. The summed E-state index contributed by atoms with van der Waals surface area (Å²) in [7, 11) is 1.96. The van der Waals surface area contributed by atoms with Gasteiger partial charge in [-0.2, -0.15) is 0 Å². The van der Waals surface area contributed by atoms with E-state index in [-0.39, 0.29) is 5.91 Å². The van der Waals surface area contributed by atoms with E-state index in [1.807, 2.05) is 36.2 Å². The Bertz CT molecular complexity index is 603. The van der Waals surface area contributed by atoms with E-state index in [1.54, 1.807) is 6.26 Å². The lowest BCUT2D eigenvalue weighted by atomic mass is 9.97. The number of carbonyl (C=O) groups excluding carboxylic acids is 1. The Labute approximate surface area is 118 Å². The summed E-state index contributed by atoms with van der Waals surface area (Å²) in [5.74, 6) is 0.645. The molecular weight excluding hydrogens is 252 g/mol. The minimum atomic E-state index is 0.0933. The lowest BCUT2D eigenvalue weighted by Gasteiger charge is -2.32. The number of hydrogen-bond acceptors (Lipinski definition) is 3. The molecule has 4 nitrogen and oxygen atoms in total. The first-order valence-corrected chi connectivity index (χ1v) is 7.19. The molecule has 106 valence electrons. The summed E-state index contributed by atoms with van der Waals surface area (Å²) in [4.78, 5) is 14.6. The number of nitrogens with one attached hydrogen (secondary N) is 1. The Kier molecular flexibility index (Phi) is 3.74. The smallest absolute Gasteiger partial charge is 0.257 e. The number of para-hydroxylation sites is 1. The summed E-state index contributed by atoms with van der Waals surface area (Å²) in [6, 6.07) is 7.70. The molecule has 1 aliphatic rings. The topological polar surface area (TPSA) is 45.5 Å². The Hall–Kier alpha value is -1.81. The SMILES string of the molecule is CNCC1CCCN(C(=O)c2coc3ccccc23)C1. The average molecular weight is 272 g/mol. The maximum absolute atomic E-state index is 12.7. The Morgan fingerprint density at radius 1 is 1.45 bits per heavy atom. The second kappa shape index (κ2) is 5.67. The van der Waals surface area contributed by atoms with Crippen molar-refractivity contribution in [2.75, 3.05) is 26.7 Å². The molecule has 1 aromatic heterocycles. The molecule has 1 atom stereocenters. The molecule has 0 aliphatic carbocycles. The molecule has 3 rings (SSSR count). The van der Waals surface area contributed by atoms with Gasteiger partial charge in [-0.05, 0) is 38.4 Å². The fraction of sp³-hybridized carbons (Fsp3) is 0.438. The molecule has 2 heterocycles. The fourth-order valence-corrected chi connectivity index (χ4v) is 3.02. The molecule has 0 radical (unpaired) electrons. The van der Waals surface area contributed by atoms with Crippen molar-refractivity contribution in [1.82, 2.24) is 10.2 Å². The van der Waals surface area contributed by atoms with Gasteiger partial charge in [-0.1, -0.05) is 18.2 Å². The van der Waals surface area contributed by atoms with Gasteiger partial charge >= 0.3 is 0 Å². The number of amides is 1. The summed E-state index contributed by atoms with van der Waals surface area (Å²) >= 11 is 0. The Morgan fingerprint density at radius 2 is 2.30 bits per heavy atom. The predicted octanol–water partition coefficient (Wildman–Crippen LogP) is 2.50. The highest BCUT2D eigenvalue weighted by Crippen LogP contribution is 2.24. The van der Waals surface area contributed by atoms with Gasteiger partial charge in [0.15, 0.2) is 0 Å². The molecule has 0 saturated carbocycles. The van der Waals surface area contributed by atoms with Crippen LogP contribution < -0.4 is 5.32 Å². The zero-order valence-corrected chi connectivity index (χ0v) is 11.8. The second-order valence-corrected chi connectivity index (χ2v) is 5.46. The van der Waals surface area contributed by atoms with E-state index in [2.05, 4.69) is 5.32 Å². The van der Waals surface area contributed by atoms with Crippen LogP contribution in [0.15, 0.2) is 34.9 Å². The number of likely N-dealkylation sites (tertiary alicyclic amines) is 1. The van der Waals surface area contributed by atoms with Crippen LogP contribution in [0.4, 0.5) is 0 Å². The van der Waals surface area contributed by atoms with E-state index < -0.39 is 0 Å². The third-order valence-electron chi connectivity index (χ3n) is 4.01. The van der Waals surface area contributed by atoms with Crippen molar-refractivity contribution in [2.45, 2.75) is 12.8 Å². The first-order valence-electron chi connectivity index (χ1n) is 7.19. The largest absolute Gasteiger partial charge is 0.463 e. The molecule has 1 aliphatic heterocycles. The van der Waals surface area contributed by atoms with Gasteiger partial charge < -0.3 is 14.6 Å². The van der Waals surface area contributed by atoms with Gasteiger partial charge in [-0.15, -0.1) is 0 Å². The normalized spacial score (nSPS) is 19.4. The van der Waals surface area contributed by atoms with Crippen LogP contribution in [0.3, 0.4) is 0 Å². The molecule has 1 aromatic carbocycles. The van der Waals surface area contributed by atoms with Gasteiger partial charge in [-0.3, -0.25) is 4.79 Å². The molecule has 0 bridgehead atoms. The number of rotatable bonds is 3. The van der Waals surface area contributed by atoms with E-state index in [4.69, 9.17) is 4.42 Å². The number of fused-ring (bicyclic) bond motifs is 1. The van der Waals surface area contributed by atoms with Crippen molar-refractivity contribution >= 4 is 16.9 Å². The molecule has 1 amide bonds. The highest BCUT2D eigenvalue weighted by Gasteiger charge is 2.26. The van der Waals surface area contributed by atoms with Crippen molar-refractivity contribution in [3.05, 3.63) is 36.1 Å². The van der Waals surface area contributed by atoms with Crippen LogP contribution in [0.2, 0.25) is 0 Å². The number of benzene rings is 1. The predicted molar refractivity (Wildman–Crippen MR) is 78.8 cm³/mol. The van der Waals surface area contributed by atoms with Crippen LogP contribution >= 0.6 is 0 Å². The van der Waals surface area contributed by atoms with Gasteiger partial charge in [0.05, 0.1) is 5.56 Å². The zero-order chi connectivity index (χ0) is 13.9. The number of nitrogens with zero attached hydrogens (tertiary/aromatic N) is 1. The minimum absolute atomic E-state index is 0.0933. The van der Waals surface area contributed by atoms with Crippen LogP contribution in [-0.2, 0) is 0 Å². The van der Waals surface area contributed by atoms with Crippen molar-refractivity contribution in [3.63, 3.8) is 0 Å². The molecule has 0 spiro atoms. The molecule has 2 aromatic rings. The Morgan fingerprint density at radius 3 is 3.15 bits per heavy atom. The van der Waals surface area contributed by atoms with Gasteiger partial charge in [0.1, 0.15) is 11.8 Å². The summed E-state index contributed by atoms with van der Waals surface area (Å²) in [5.41, 5.74) is 1.46. The van der Waals surface area contributed by atoms with Crippen molar-refractivity contribution < 1.29 is 9.21 Å². The fourth-order valence-electron chi connectivity index (χ4n) is 3.02. The maximum atomic E-state index is 12.7. The monoisotopic (exact) mass is 272 g/mol.